The number of rotatable bonds is 2. The fourth-order valence-electron chi connectivity index (χ4n) is 2.49. The molecule has 1 aliphatic heterocycles. The summed E-state index contributed by atoms with van der Waals surface area (Å²) < 4.78 is 0. The quantitative estimate of drug-likeness (QED) is 0.928. The van der Waals surface area contributed by atoms with Crippen LogP contribution in [0.15, 0.2) is 29.6 Å². The maximum atomic E-state index is 12.4. The fourth-order valence-corrected chi connectivity index (χ4v) is 3.30. The molecule has 0 atom stereocenters. The minimum Gasteiger partial charge on any atom is -0.393 e. The van der Waals surface area contributed by atoms with Gasteiger partial charge in [0.2, 0.25) is 0 Å². The number of likely N-dealkylation sites (tertiary alicyclic amines) is 1. The molecular weight excluding hydrogens is 284 g/mol. The number of aliphatic hydroxyl groups excluding tert-OH is 1. The first-order chi connectivity index (χ1) is 10.1. The molecule has 0 aliphatic carbocycles. The largest absolute Gasteiger partial charge is 0.393 e. The molecule has 1 N–H and O–H groups in total. The van der Waals surface area contributed by atoms with E-state index in [2.05, 4.69) is 4.98 Å². The van der Waals surface area contributed by atoms with Crippen LogP contribution < -0.4 is 0 Å². The predicted molar refractivity (Wildman–Crippen MR) is 83.4 cm³/mol. The Morgan fingerprint density at radius 3 is 2.52 bits per heavy atom. The van der Waals surface area contributed by atoms with Crippen molar-refractivity contribution in [3.63, 3.8) is 0 Å². The van der Waals surface area contributed by atoms with E-state index in [4.69, 9.17) is 0 Å². The van der Waals surface area contributed by atoms with Crippen LogP contribution in [0.4, 0.5) is 0 Å². The van der Waals surface area contributed by atoms with Crippen LogP contribution in [0.1, 0.15) is 28.9 Å². The number of piperidine rings is 1. The lowest BCUT2D eigenvalue weighted by atomic mass is 10.1. The average molecular weight is 302 g/mol. The van der Waals surface area contributed by atoms with Crippen molar-refractivity contribution in [3.8, 4) is 10.6 Å². The molecule has 1 aromatic heterocycles. The van der Waals surface area contributed by atoms with Gasteiger partial charge in [0, 0.05) is 35.3 Å². The minimum atomic E-state index is -0.260. The fraction of sp³-hybridized carbons (Fsp3) is 0.375. The van der Waals surface area contributed by atoms with Gasteiger partial charge in [-0.3, -0.25) is 4.79 Å². The van der Waals surface area contributed by atoms with E-state index in [1.807, 2.05) is 41.5 Å². The highest BCUT2D eigenvalue weighted by molar-refractivity contribution is 7.13. The number of thiazole rings is 1. The van der Waals surface area contributed by atoms with Crippen LogP contribution in [0.2, 0.25) is 0 Å². The minimum absolute atomic E-state index is 0.0452. The van der Waals surface area contributed by atoms with Crippen LogP contribution in [-0.4, -0.2) is 40.1 Å². The van der Waals surface area contributed by atoms with Crippen molar-refractivity contribution in [2.24, 2.45) is 0 Å². The highest BCUT2D eigenvalue weighted by Gasteiger charge is 2.22. The molecule has 2 heterocycles. The summed E-state index contributed by atoms with van der Waals surface area (Å²) in [4.78, 5) is 18.7. The zero-order chi connectivity index (χ0) is 14.8. The molecule has 2 aromatic rings. The van der Waals surface area contributed by atoms with Crippen LogP contribution in [0.3, 0.4) is 0 Å². The van der Waals surface area contributed by atoms with Crippen molar-refractivity contribution in [2.75, 3.05) is 13.1 Å². The van der Waals surface area contributed by atoms with Crippen LogP contribution in [0.5, 0.6) is 0 Å². The Hall–Kier alpha value is -1.72. The summed E-state index contributed by atoms with van der Waals surface area (Å²) in [6, 6.07) is 7.62. The number of hydrogen-bond acceptors (Lipinski definition) is 4. The lowest BCUT2D eigenvalue weighted by Crippen LogP contribution is -2.40. The molecule has 0 bridgehead atoms. The number of carbonyl (C=O) groups excluding carboxylic acids is 1. The average Bonchev–Trinajstić information content (AvgIpc) is 2.94. The maximum absolute atomic E-state index is 12.4. The third-order valence-electron chi connectivity index (χ3n) is 3.75. The smallest absolute Gasteiger partial charge is 0.253 e. The molecule has 1 fully saturated rings. The number of aryl methyl sites for hydroxylation is 1. The van der Waals surface area contributed by atoms with E-state index in [0.29, 0.717) is 31.5 Å². The Morgan fingerprint density at radius 1 is 1.29 bits per heavy atom. The zero-order valence-corrected chi connectivity index (χ0v) is 12.8. The Balaban J connectivity index is 1.73. The molecular formula is C16H18N2O2S. The molecule has 3 rings (SSSR count). The van der Waals surface area contributed by atoms with Crippen molar-refractivity contribution in [3.05, 3.63) is 40.9 Å². The van der Waals surface area contributed by atoms with Crippen molar-refractivity contribution < 1.29 is 9.90 Å². The molecule has 4 nitrogen and oxygen atoms in total. The number of aliphatic hydroxyl groups is 1. The SMILES string of the molecule is Cc1csc(-c2ccc(C(=O)N3CCC(O)CC3)cc2)n1. The van der Waals surface area contributed by atoms with Crippen molar-refractivity contribution in [1.29, 1.82) is 0 Å². The molecule has 0 unspecified atom stereocenters. The Kier molecular flexibility index (Phi) is 4.03. The van der Waals surface area contributed by atoms with Gasteiger partial charge in [-0.1, -0.05) is 12.1 Å². The number of aromatic nitrogens is 1. The molecule has 0 saturated carbocycles. The second kappa shape index (κ2) is 5.95. The number of carbonyl (C=O) groups is 1. The van der Waals surface area contributed by atoms with Crippen LogP contribution in [-0.2, 0) is 0 Å². The monoisotopic (exact) mass is 302 g/mol. The van der Waals surface area contributed by atoms with E-state index < -0.39 is 0 Å². The van der Waals surface area contributed by atoms with Crippen molar-refractivity contribution >= 4 is 17.2 Å². The molecule has 110 valence electrons. The maximum Gasteiger partial charge on any atom is 0.253 e. The van der Waals surface area contributed by atoms with Gasteiger partial charge in [0.15, 0.2) is 0 Å². The van der Waals surface area contributed by atoms with Crippen LogP contribution >= 0.6 is 11.3 Å². The van der Waals surface area contributed by atoms with Gasteiger partial charge < -0.3 is 10.0 Å². The lowest BCUT2D eigenvalue weighted by Gasteiger charge is -2.29. The first kappa shape index (κ1) is 14.2. The number of benzene rings is 1. The number of amides is 1. The molecule has 1 aromatic carbocycles. The molecule has 1 saturated heterocycles. The molecule has 21 heavy (non-hydrogen) atoms. The molecule has 5 heteroatoms. The summed E-state index contributed by atoms with van der Waals surface area (Å²) >= 11 is 1.61. The molecule has 1 amide bonds. The lowest BCUT2D eigenvalue weighted by molar-refractivity contribution is 0.0546. The Bertz CT molecular complexity index is 628. The van der Waals surface area contributed by atoms with E-state index >= 15 is 0 Å². The topological polar surface area (TPSA) is 53.4 Å². The number of hydrogen-bond donors (Lipinski definition) is 1. The van der Waals surface area contributed by atoms with E-state index in [0.717, 1.165) is 16.3 Å². The predicted octanol–water partition coefficient (Wildman–Crippen LogP) is 2.72. The van der Waals surface area contributed by atoms with Gasteiger partial charge in [0.05, 0.1) is 6.10 Å². The van der Waals surface area contributed by atoms with Gasteiger partial charge in [-0.2, -0.15) is 0 Å². The third-order valence-corrected chi connectivity index (χ3v) is 4.76. The molecule has 1 aliphatic rings. The van der Waals surface area contributed by atoms with E-state index in [-0.39, 0.29) is 12.0 Å². The Labute approximate surface area is 128 Å². The molecule has 0 spiro atoms. The zero-order valence-electron chi connectivity index (χ0n) is 12.0. The third kappa shape index (κ3) is 3.14. The van der Waals surface area contributed by atoms with Gasteiger partial charge in [-0.05, 0) is 31.9 Å². The first-order valence-electron chi connectivity index (χ1n) is 7.13. The van der Waals surface area contributed by atoms with Crippen LogP contribution in [0.25, 0.3) is 10.6 Å². The van der Waals surface area contributed by atoms with Crippen molar-refractivity contribution in [1.82, 2.24) is 9.88 Å². The summed E-state index contributed by atoms with van der Waals surface area (Å²) in [7, 11) is 0. The Morgan fingerprint density at radius 2 is 1.95 bits per heavy atom. The summed E-state index contributed by atoms with van der Waals surface area (Å²) in [5.41, 5.74) is 2.75. The second-order valence-corrected chi connectivity index (χ2v) is 6.25. The highest BCUT2D eigenvalue weighted by atomic mass is 32.1. The van der Waals surface area contributed by atoms with E-state index in [9.17, 15) is 9.90 Å². The first-order valence-corrected chi connectivity index (χ1v) is 8.01. The van der Waals surface area contributed by atoms with Crippen molar-refractivity contribution in [2.45, 2.75) is 25.9 Å². The van der Waals surface area contributed by atoms with Gasteiger partial charge in [0.25, 0.3) is 5.91 Å². The normalized spacial score (nSPS) is 16.2. The van der Waals surface area contributed by atoms with Gasteiger partial charge >= 0.3 is 0 Å². The standard InChI is InChI=1S/C16H18N2O2S/c1-11-10-21-15(17-11)12-2-4-13(5-3-12)16(20)18-8-6-14(19)7-9-18/h2-5,10,14,19H,6-9H2,1H3. The second-order valence-electron chi connectivity index (χ2n) is 5.39. The number of nitrogens with zero attached hydrogens (tertiary/aromatic N) is 2. The van der Waals surface area contributed by atoms with Gasteiger partial charge in [-0.15, -0.1) is 11.3 Å². The summed E-state index contributed by atoms with van der Waals surface area (Å²) in [6.07, 6.45) is 1.08. The summed E-state index contributed by atoms with van der Waals surface area (Å²) in [5, 5.41) is 12.5. The van der Waals surface area contributed by atoms with E-state index in [1.54, 1.807) is 11.3 Å². The van der Waals surface area contributed by atoms with Gasteiger partial charge in [-0.25, -0.2) is 4.98 Å². The highest BCUT2D eigenvalue weighted by Crippen LogP contribution is 2.24. The summed E-state index contributed by atoms with van der Waals surface area (Å²) in [6.45, 7) is 3.24. The van der Waals surface area contributed by atoms with E-state index in [1.165, 1.54) is 0 Å². The van der Waals surface area contributed by atoms with Gasteiger partial charge in [0.1, 0.15) is 5.01 Å². The molecule has 0 radical (unpaired) electrons. The summed E-state index contributed by atoms with van der Waals surface area (Å²) in [5.74, 6) is 0.0452. The van der Waals surface area contributed by atoms with Crippen LogP contribution in [0, 0.1) is 6.92 Å².